The number of amides is 1. The molecule has 1 N–H and O–H groups in total. The molecule has 138 valence electrons. The Labute approximate surface area is 154 Å². The van der Waals surface area contributed by atoms with Crippen molar-refractivity contribution in [1.82, 2.24) is 0 Å². The Hall–Kier alpha value is -3.48. The second-order valence-electron chi connectivity index (χ2n) is 5.88. The molecule has 1 atom stereocenters. The van der Waals surface area contributed by atoms with Crippen molar-refractivity contribution in [1.29, 1.82) is 0 Å². The van der Waals surface area contributed by atoms with Crippen LogP contribution in [-0.4, -0.2) is 31.2 Å². The number of rotatable bonds is 4. The highest BCUT2D eigenvalue weighted by Gasteiger charge is 2.30. The van der Waals surface area contributed by atoms with E-state index in [1.165, 1.54) is 0 Å². The lowest BCUT2D eigenvalue weighted by Gasteiger charge is -2.25. The number of fused-ring (bicyclic) bond motifs is 2. The first-order valence-corrected chi connectivity index (χ1v) is 8.55. The lowest BCUT2D eigenvalue weighted by Crippen LogP contribution is -2.40. The molecule has 7 nitrogen and oxygen atoms in total. The van der Waals surface area contributed by atoms with Gasteiger partial charge in [-0.15, -0.1) is 0 Å². The van der Waals surface area contributed by atoms with Crippen LogP contribution in [0.5, 0.6) is 11.5 Å². The molecule has 0 spiro atoms. The van der Waals surface area contributed by atoms with Crippen LogP contribution >= 0.6 is 0 Å². The smallest absolute Gasteiger partial charge is 0.376 e. The Morgan fingerprint density at radius 3 is 2.67 bits per heavy atom. The minimum atomic E-state index is -0.858. The number of benzene rings is 2. The predicted octanol–water partition coefficient (Wildman–Crippen LogP) is 3.39. The number of ether oxygens (including phenoxy) is 3. The molecule has 0 saturated carbocycles. The first-order valence-electron chi connectivity index (χ1n) is 8.55. The van der Waals surface area contributed by atoms with Gasteiger partial charge in [0, 0.05) is 5.39 Å². The summed E-state index contributed by atoms with van der Waals surface area (Å²) in [5.74, 6) is -0.0608. The molecule has 0 unspecified atom stereocenters. The Morgan fingerprint density at radius 2 is 1.85 bits per heavy atom. The van der Waals surface area contributed by atoms with Crippen LogP contribution in [0.3, 0.4) is 0 Å². The molecule has 0 bridgehead atoms. The topological polar surface area (TPSA) is 87.0 Å². The minimum Gasteiger partial charge on any atom is -0.485 e. The number of para-hydroxylation sites is 3. The van der Waals surface area contributed by atoms with Gasteiger partial charge >= 0.3 is 5.97 Å². The van der Waals surface area contributed by atoms with Gasteiger partial charge in [0.1, 0.15) is 17.9 Å². The zero-order chi connectivity index (χ0) is 18.8. The van der Waals surface area contributed by atoms with Gasteiger partial charge in [0.15, 0.2) is 11.5 Å². The molecular formula is C20H17NO6. The van der Waals surface area contributed by atoms with Gasteiger partial charge in [-0.2, -0.15) is 0 Å². The van der Waals surface area contributed by atoms with Crippen molar-refractivity contribution in [3.05, 3.63) is 54.3 Å². The fourth-order valence-corrected chi connectivity index (χ4v) is 2.86. The molecular weight excluding hydrogens is 350 g/mol. The first-order chi connectivity index (χ1) is 13.2. The van der Waals surface area contributed by atoms with E-state index in [2.05, 4.69) is 5.32 Å². The molecule has 2 heterocycles. The van der Waals surface area contributed by atoms with Crippen molar-refractivity contribution in [2.24, 2.45) is 0 Å². The van der Waals surface area contributed by atoms with Gasteiger partial charge in [-0.3, -0.25) is 4.79 Å². The lowest BCUT2D eigenvalue weighted by molar-refractivity contribution is -0.125. The molecule has 0 radical (unpaired) electrons. The number of nitrogens with one attached hydrogen (secondary N) is 1. The molecule has 0 fully saturated rings. The number of hydrogen-bond acceptors (Lipinski definition) is 6. The molecule has 4 rings (SSSR count). The third kappa shape index (κ3) is 3.19. The van der Waals surface area contributed by atoms with Crippen LogP contribution in [0.25, 0.3) is 11.0 Å². The summed E-state index contributed by atoms with van der Waals surface area (Å²) in [6.07, 6.45) is -0.858. The molecule has 7 heteroatoms. The van der Waals surface area contributed by atoms with E-state index in [-0.39, 0.29) is 24.7 Å². The van der Waals surface area contributed by atoms with E-state index in [0.29, 0.717) is 22.5 Å². The Morgan fingerprint density at radius 1 is 1.11 bits per heavy atom. The van der Waals surface area contributed by atoms with Gasteiger partial charge in [0.2, 0.25) is 11.9 Å². The minimum absolute atomic E-state index is 0.0523. The zero-order valence-corrected chi connectivity index (χ0v) is 14.6. The average Bonchev–Trinajstić information content (AvgIpc) is 3.06. The monoisotopic (exact) mass is 367 g/mol. The van der Waals surface area contributed by atoms with E-state index in [9.17, 15) is 9.59 Å². The molecule has 0 aliphatic carbocycles. The van der Waals surface area contributed by atoms with E-state index in [0.717, 1.165) is 0 Å². The van der Waals surface area contributed by atoms with Crippen molar-refractivity contribution < 1.29 is 28.2 Å². The van der Waals surface area contributed by atoms with Crippen LogP contribution in [0.4, 0.5) is 5.69 Å². The van der Waals surface area contributed by atoms with Gasteiger partial charge in [-0.1, -0.05) is 24.3 Å². The lowest BCUT2D eigenvalue weighted by atomic mass is 10.2. The number of esters is 1. The van der Waals surface area contributed by atoms with Crippen LogP contribution in [-0.2, 0) is 9.53 Å². The van der Waals surface area contributed by atoms with Gasteiger partial charge in [-0.05, 0) is 31.2 Å². The maximum absolute atomic E-state index is 12.7. The Bertz CT molecular complexity index is 1010. The molecule has 1 aromatic heterocycles. The predicted molar refractivity (Wildman–Crippen MR) is 97.2 cm³/mol. The number of furan rings is 1. The maximum Gasteiger partial charge on any atom is 0.376 e. The Balaban J connectivity index is 1.62. The number of carbonyl (C=O) groups is 2. The second-order valence-corrected chi connectivity index (χ2v) is 5.88. The van der Waals surface area contributed by atoms with Gasteiger partial charge in [0.25, 0.3) is 5.91 Å². The zero-order valence-electron chi connectivity index (χ0n) is 14.6. The molecule has 1 aliphatic rings. The third-order valence-electron chi connectivity index (χ3n) is 4.11. The summed E-state index contributed by atoms with van der Waals surface area (Å²) in [4.78, 5) is 25.0. The van der Waals surface area contributed by atoms with Crippen molar-refractivity contribution in [3.8, 4) is 11.5 Å². The van der Waals surface area contributed by atoms with Crippen molar-refractivity contribution in [2.75, 3.05) is 18.5 Å². The van der Waals surface area contributed by atoms with Crippen LogP contribution in [0.1, 0.15) is 17.5 Å². The highest BCUT2D eigenvalue weighted by atomic mass is 16.6. The van der Waals surface area contributed by atoms with Crippen LogP contribution < -0.4 is 14.8 Å². The molecule has 2 aromatic carbocycles. The molecule has 3 aromatic rings. The fraction of sp³-hybridized carbons (Fsp3) is 0.200. The van der Waals surface area contributed by atoms with Gasteiger partial charge < -0.3 is 23.9 Å². The summed E-state index contributed by atoms with van der Waals surface area (Å²) < 4.78 is 21.9. The average molecular weight is 367 g/mol. The normalized spacial score (nSPS) is 15.4. The molecule has 1 amide bonds. The molecule has 27 heavy (non-hydrogen) atoms. The second kappa shape index (κ2) is 7.03. The fourth-order valence-electron chi connectivity index (χ4n) is 2.86. The molecule has 0 saturated heterocycles. The number of carbonyl (C=O) groups excluding carboxylic acids is 2. The standard InChI is InChI=1S/C20H17NO6/c1-2-24-20(23)18-17(12-7-3-4-8-13(12)27-18)21-19(22)16-11-25-14-9-5-6-10-15(14)26-16/h3-10,16H,2,11H2,1H3,(H,21,22)/t16-/m1/s1. The van der Waals surface area contributed by atoms with Crippen molar-refractivity contribution in [3.63, 3.8) is 0 Å². The Kier molecular flexibility index (Phi) is 4.42. The summed E-state index contributed by atoms with van der Waals surface area (Å²) in [6.45, 7) is 1.95. The van der Waals surface area contributed by atoms with Crippen LogP contribution in [0.2, 0.25) is 0 Å². The van der Waals surface area contributed by atoms with E-state index >= 15 is 0 Å². The van der Waals surface area contributed by atoms with E-state index in [4.69, 9.17) is 18.6 Å². The summed E-state index contributed by atoms with van der Waals surface area (Å²) >= 11 is 0. The van der Waals surface area contributed by atoms with Crippen molar-refractivity contribution in [2.45, 2.75) is 13.0 Å². The third-order valence-corrected chi connectivity index (χ3v) is 4.11. The number of anilines is 1. The quantitative estimate of drug-likeness (QED) is 0.712. The summed E-state index contributed by atoms with van der Waals surface area (Å²) in [7, 11) is 0. The van der Waals surface area contributed by atoms with E-state index < -0.39 is 18.0 Å². The highest BCUT2D eigenvalue weighted by molar-refractivity contribution is 6.10. The van der Waals surface area contributed by atoms with Crippen LogP contribution in [0.15, 0.2) is 52.9 Å². The molecule has 1 aliphatic heterocycles. The van der Waals surface area contributed by atoms with Gasteiger partial charge in [-0.25, -0.2) is 4.79 Å². The van der Waals surface area contributed by atoms with E-state index in [1.807, 2.05) is 6.07 Å². The van der Waals surface area contributed by atoms with Crippen LogP contribution in [0, 0.1) is 0 Å². The largest absolute Gasteiger partial charge is 0.485 e. The number of hydrogen-bond donors (Lipinski definition) is 1. The summed E-state index contributed by atoms with van der Waals surface area (Å²) in [5, 5.41) is 3.34. The van der Waals surface area contributed by atoms with E-state index in [1.54, 1.807) is 49.4 Å². The summed E-state index contributed by atoms with van der Waals surface area (Å²) in [5.41, 5.74) is 0.735. The summed E-state index contributed by atoms with van der Waals surface area (Å²) in [6, 6.07) is 14.2. The maximum atomic E-state index is 12.7. The SMILES string of the molecule is CCOC(=O)c1oc2ccccc2c1NC(=O)[C@H]1COc2ccccc2O1. The van der Waals surface area contributed by atoms with Crippen molar-refractivity contribution >= 4 is 28.5 Å². The first kappa shape index (κ1) is 17.0. The van der Waals surface area contributed by atoms with Gasteiger partial charge in [0.05, 0.1) is 6.61 Å². The highest BCUT2D eigenvalue weighted by Crippen LogP contribution is 2.33.